The molecule has 0 spiro atoms. The second-order valence-electron chi connectivity index (χ2n) is 4.69. The number of methoxy groups -OCH3 is 1. The zero-order valence-corrected chi connectivity index (χ0v) is 14.2. The molecule has 0 fully saturated rings. The maximum atomic E-state index is 11.9. The van der Waals surface area contributed by atoms with Gasteiger partial charge in [-0.15, -0.1) is 0 Å². The van der Waals surface area contributed by atoms with Gasteiger partial charge in [0.25, 0.3) is 0 Å². The fraction of sp³-hybridized carbons (Fsp3) is 0.917. The van der Waals surface area contributed by atoms with Gasteiger partial charge in [-0.05, 0) is 19.8 Å². The zero-order valence-electron chi connectivity index (χ0n) is 13.2. The van der Waals surface area contributed by atoms with E-state index in [0.29, 0.717) is 32.0 Å². The van der Waals surface area contributed by atoms with Gasteiger partial charge in [-0.2, -0.15) is 0 Å². The Morgan fingerprint density at radius 3 is 2.15 bits per heavy atom. The third-order valence-electron chi connectivity index (χ3n) is 3.39. The summed E-state index contributed by atoms with van der Waals surface area (Å²) < 4.78 is 20.9. The molecule has 0 radical (unpaired) electrons. The Labute approximate surface area is 122 Å². The lowest BCUT2D eigenvalue weighted by molar-refractivity contribution is -0.148. The molecule has 120 valence electrons. The molecule has 0 rings (SSSR count). The summed E-state index contributed by atoms with van der Waals surface area (Å²) in [5, 5.41) is 3.13. The van der Waals surface area contributed by atoms with Crippen LogP contribution in [0, 0.1) is 0 Å². The summed E-state index contributed by atoms with van der Waals surface area (Å²) in [6.07, 6.45) is 1.30. The molecular weight excluding hydrogens is 280 g/mol. The Morgan fingerprint density at radius 2 is 1.75 bits per heavy atom. The third-order valence-corrected chi connectivity index (χ3v) is 6.22. The van der Waals surface area contributed by atoms with E-state index in [4.69, 9.17) is 23.7 Å². The highest BCUT2D eigenvalue weighted by Crippen LogP contribution is 2.21. The fourth-order valence-corrected chi connectivity index (χ4v) is 3.77. The van der Waals surface area contributed by atoms with Crippen molar-refractivity contribution in [2.75, 3.05) is 41.5 Å². The average Bonchev–Trinajstić information content (AvgIpc) is 2.49. The van der Waals surface area contributed by atoms with Gasteiger partial charge in [-0.3, -0.25) is 4.79 Å². The van der Waals surface area contributed by atoms with Crippen LogP contribution >= 0.6 is 0 Å². The number of hydrogen-bond donors (Lipinski definition) is 2. The van der Waals surface area contributed by atoms with Gasteiger partial charge in [0.05, 0.1) is 7.11 Å². The first kappa shape index (κ1) is 19.5. The molecule has 3 N–H and O–H groups in total. The lowest BCUT2D eigenvalue weighted by Gasteiger charge is -2.30. The monoisotopic (exact) mass is 308 g/mol. The number of nitrogens with one attached hydrogen (secondary N) is 1. The highest BCUT2D eigenvalue weighted by molar-refractivity contribution is 6.60. The van der Waals surface area contributed by atoms with Crippen LogP contribution in [0.2, 0.25) is 6.04 Å². The van der Waals surface area contributed by atoms with E-state index in [1.807, 2.05) is 6.92 Å². The molecule has 0 aromatic carbocycles. The normalized spacial score (nSPS) is 14.9. The van der Waals surface area contributed by atoms with Crippen molar-refractivity contribution in [2.24, 2.45) is 5.73 Å². The molecule has 0 saturated heterocycles. The molecular formula is C12H28N2O5Si. The molecule has 0 heterocycles. The molecule has 0 aromatic heterocycles. The molecule has 0 aliphatic carbocycles. The second kappa shape index (κ2) is 9.43. The molecule has 0 aliphatic heterocycles. The van der Waals surface area contributed by atoms with Crippen molar-refractivity contribution in [3.05, 3.63) is 0 Å². The van der Waals surface area contributed by atoms with Crippen molar-refractivity contribution in [2.45, 2.75) is 31.3 Å². The van der Waals surface area contributed by atoms with E-state index in [2.05, 4.69) is 5.32 Å². The number of ether oxygens (including phenoxy) is 1. The van der Waals surface area contributed by atoms with Crippen LogP contribution in [0.5, 0.6) is 0 Å². The van der Waals surface area contributed by atoms with E-state index in [-0.39, 0.29) is 5.97 Å². The summed E-state index contributed by atoms with van der Waals surface area (Å²) in [5.41, 5.74) is 4.71. The van der Waals surface area contributed by atoms with E-state index < -0.39 is 14.3 Å². The lowest BCUT2D eigenvalue weighted by atomic mass is 9.96. The fourth-order valence-electron chi connectivity index (χ4n) is 2.05. The number of rotatable bonds is 11. The molecule has 1 unspecified atom stereocenters. The lowest BCUT2D eigenvalue weighted by Crippen LogP contribution is -2.52. The van der Waals surface area contributed by atoms with Crippen molar-refractivity contribution in [1.82, 2.24) is 5.32 Å². The van der Waals surface area contributed by atoms with Crippen LogP contribution in [0.25, 0.3) is 0 Å². The van der Waals surface area contributed by atoms with Crippen molar-refractivity contribution < 1.29 is 22.8 Å². The van der Waals surface area contributed by atoms with Gasteiger partial charge in [0.15, 0.2) is 0 Å². The predicted molar refractivity (Wildman–Crippen MR) is 78.3 cm³/mol. The number of nitrogens with two attached hydrogens (primary N) is 1. The quantitative estimate of drug-likeness (QED) is 0.414. The van der Waals surface area contributed by atoms with E-state index in [0.717, 1.165) is 0 Å². The van der Waals surface area contributed by atoms with Crippen LogP contribution in [0.4, 0.5) is 0 Å². The summed E-state index contributed by atoms with van der Waals surface area (Å²) in [7, 11) is 3.50. The van der Waals surface area contributed by atoms with Crippen LogP contribution in [-0.2, 0) is 22.8 Å². The number of carbonyl (C=O) groups excluding carboxylic acids is 1. The Balaban J connectivity index is 4.57. The highest BCUT2D eigenvalue weighted by atomic mass is 28.4. The molecule has 0 amide bonds. The first-order chi connectivity index (χ1) is 9.43. The van der Waals surface area contributed by atoms with Crippen LogP contribution in [0.15, 0.2) is 0 Å². The summed E-state index contributed by atoms with van der Waals surface area (Å²) in [6, 6.07) is 0.632. The van der Waals surface area contributed by atoms with Gasteiger partial charge in [0, 0.05) is 40.5 Å². The minimum absolute atomic E-state index is 0.300. The number of esters is 1. The van der Waals surface area contributed by atoms with Crippen molar-refractivity contribution in [1.29, 1.82) is 0 Å². The Kier molecular flexibility index (Phi) is 9.19. The van der Waals surface area contributed by atoms with Crippen LogP contribution < -0.4 is 11.1 Å². The molecule has 0 aliphatic rings. The smallest absolute Gasteiger partial charge is 0.468 e. The summed E-state index contributed by atoms with van der Waals surface area (Å²) in [5.74, 6) is -0.300. The van der Waals surface area contributed by atoms with E-state index in [9.17, 15) is 4.79 Å². The van der Waals surface area contributed by atoms with Crippen LogP contribution in [0.1, 0.15) is 19.8 Å². The third kappa shape index (κ3) is 5.47. The van der Waals surface area contributed by atoms with Gasteiger partial charge in [-0.25, -0.2) is 0 Å². The Bertz CT molecular complexity index is 281. The van der Waals surface area contributed by atoms with Gasteiger partial charge >= 0.3 is 14.8 Å². The molecule has 1 atom stereocenters. The largest absolute Gasteiger partial charge is 0.500 e. The standard InChI is InChI=1S/C12H28N2O5Si/c1-12(11(15)16-2,14-9-8-13)7-6-10-20(17-3,18-4)19-5/h14H,6-10,13H2,1-5H3. The minimum atomic E-state index is -2.60. The van der Waals surface area contributed by atoms with Gasteiger partial charge in [-0.1, -0.05) is 0 Å². The van der Waals surface area contributed by atoms with E-state index in [1.54, 1.807) is 21.3 Å². The maximum Gasteiger partial charge on any atom is 0.500 e. The predicted octanol–water partition coefficient (Wildman–Crippen LogP) is 0.125. The van der Waals surface area contributed by atoms with E-state index in [1.165, 1.54) is 7.11 Å². The van der Waals surface area contributed by atoms with E-state index >= 15 is 0 Å². The van der Waals surface area contributed by atoms with Gasteiger partial charge in [0.2, 0.25) is 0 Å². The number of hydrogen-bond acceptors (Lipinski definition) is 7. The Hall–Kier alpha value is -0.513. The highest BCUT2D eigenvalue weighted by Gasteiger charge is 2.39. The SMILES string of the molecule is COC(=O)C(C)(CCC[Si](OC)(OC)OC)NCCN. The Morgan fingerprint density at radius 1 is 1.20 bits per heavy atom. The molecule has 20 heavy (non-hydrogen) atoms. The molecule has 0 saturated carbocycles. The molecule has 7 nitrogen and oxygen atoms in total. The maximum absolute atomic E-state index is 11.9. The zero-order chi connectivity index (χ0) is 15.6. The van der Waals surface area contributed by atoms with Crippen LogP contribution in [-0.4, -0.2) is 61.8 Å². The molecule has 8 heteroatoms. The summed E-state index contributed by atoms with van der Waals surface area (Å²) >= 11 is 0. The second-order valence-corrected chi connectivity index (χ2v) is 7.78. The topological polar surface area (TPSA) is 92.0 Å². The summed E-state index contributed by atoms with van der Waals surface area (Å²) in [6.45, 7) is 2.82. The average molecular weight is 308 g/mol. The van der Waals surface area contributed by atoms with Crippen molar-refractivity contribution in [3.63, 3.8) is 0 Å². The first-order valence-electron chi connectivity index (χ1n) is 6.62. The molecule has 0 aromatic rings. The van der Waals surface area contributed by atoms with Gasteiger partial charge in [0.1, 0.15) is 5.54 Å². The van der Waals surface area contributed by atoms with Crippen molar-refractivity contribution >= 4 is 14.8 Å². The van der Waals surface area contributed by atoms with Gasteiger partial charge < -0.3 is 29.1 Å². The molecule has 0 bridgehead atoms. The van der Waals surface area contributed by atoms with Crippen LogP contribution in [0.3, 0.4) is 0 Å². The number of carbonyl (C=O) groups is 1. The first-order valence-corrected chi connectivity index (χ1v) is 8.55. The van der Waals surface area contributed by atoms with Crippen molar-refractivity contribution in [3.8, 4) is 0 Å². The summed E-state index contributed by atoms with van der Waals surface area (Å²) in [4.78, 5) is 11.9. The minimum Gasteiger partial charge on any atom is -0.468 e.